The standard InChI is InChI=1S/C24H24ClNO3/c1-17-10-12-21(13-11-17)28-15-18(2)26-24(27)19-7-5-8-22(14-19)29-16-20-6-3-4-9-23(20)25/h3-14,18H,15-16H2,1-2H3,(H,26,27)/t18-/m1/s1. The number of hydrogen-bond acceptors (Lipinski definition) is 3. The molecule has 0 aliphatic carbocycles. The van der Waals surface area contributed by atoms with Gasteiger partial charge in [0.05, 0.1) is 6.04 Å². The number of amides is 1. The molecule has 0 radical (unpaired) electrons. The molecule has 1 amide bonds. The van der Waals surface area contributed by atoms with Crippen molar-refractivity contribution in [3.8, 4) is 11.5 Å². The van der Waals surface area contributed by atoms with Gasteiger partial charge >= 0.3 is 0 Å². The van der Waals surface area contributed by atoms with Gasteiger partial charge in [0.1, 0.15) is 24.7 Å². The molecule has 0 saturated heterocycles. The van der Waals surface area contributed by atoms with Gasteiger partial charge in [-0.15, -0.1) is 0 Å². The van der Waals surface area contributed by atoms with E-state index >= 15 is 0 Å². The van der Waals surface area contributed by atoms with Crippen LogP contribution in [-0.4, -0.2) is 18.6 Å². The van der Waals surface area contributed by atoms with Gasteiger partial charge in [0, 0.05) is 16.1 Å². The van der Waals surface area contributed by atoms with E-state index in [1.807, 2.05) is 68.4 Å². The van der Waals surface area contributed by atoms with E-state index in [2.05, 4.69) is 5.32 Å². The minimum Gasteiger partial charge on any atom is -0.491 e. The molecule has 0 unspecified atom stereocenters. The highest BCUT2D eigenvalue weighted by molar-refractivity contribution is 6.31. The monoisotopic (exact) mass is 409 g/mol. The van der Waals surface area contributed by atoms with E-state index in [0.717, 1.165) is 11.3 Å². The molecule has 0 spiro atoms. The minimum absolute atomic E-state index is 0.142. The summed E-state index contributed by atoms with van der Waals surface area (Å²) in [6.45, 7) is 4.66. The molecule has 3 aromatic rings. The Morgan fingerprint density at radius 3 is 2.48 bits per heavy atom. The fourth-order valence-corrected chi connectivity index (χ4v) is 2.90. The second-order valence-corrected chi connectivity index (χ2v) is 7.31. The summed E-state index contributed by atoms with van der Waals surface area (Å²) in [5, 5.41) is 3.60. The van der Waals surface area contributed by atoms with Crippen molar-refractivity contribution in [2.45, 2.75) is 26.5 Å². The van der Waals surface area contributed by atoms with Gasteiger partial charge in [0.25, 0.3) is 5.91 Å². The second-order valence-electron chi connectivity index (χ2n) is 6.91. The van der Waals surface area contributed by atoms with Crippen LogP contribution in [0.15, 0.2) is 72.8 Å². The van der Waals surface area contributed by atoms with Crippen LogP contribution in [0.2, 0.25) is 5.02 Å². The Labute approximate surface area is 176 Å². The van der Waals surface area contributed by atoms with Crippen LogP contribution in [0.3, 0.4) is 0 Å². The summed E-state index contributed by atoms with van der Waals surface area (Å²) >= 11 is 6.16. The van der Waals surface area contributed by atoms with Crippen molar-refractivity contribution in [1.29, 1.82) is 0 Å². The smallest absolute Gasteiger partial charge is 0.251 e. The lowest BCUT2D eigenvalue weighted by atomic mass is 10.2. The summed E-state index contributed by atoms with van der Waals surface area (Å²) in [6.07, 6.45) is 0. The first-order chi connectivity index (χ1) is 14.0. The lowest BCUT2D eigenvalue weighted by molar-refractivity contribution is 0.0926. The lowest BCUT2D eigenvalue weighted by Gasteiger charge is -2.16. The largest absolute Gasteiger partial charge is 0.491 e. The van der Waals surface area contributed by atoms with E-state index in [9.17, 15) is 4.79 Å². The average molecular weight is 410 g/mol. The zero-order valence-corrected chi connectivity index (χ0v) is 17.3. The molecule has 0 fully saturated rings. The first-order valence-corrected chi connectivity index (χ1v) is 9.85. The summed E-state index contributed by atoms with van der Waals surface area (Å²) in [4.78, 5) is 12.5. The van der Waals surface area contributed by atoms with Gasteiger partial charge in [-0.05, 0) is 50.2 Å². The number of hydrogen-bond donors (Lipinski definition) is 1. The Kier molecular flexibility index (Phi) is 7.14. The highest BCUT2D eigenvalue weighted by Gasteiger charge is 2.11. The average Bonchev–Trinajstić information content (AvgIpc) is 2.73. The van der Waals surface area contributed by atoms with Gasteiger partial charge in [0.15, 0.2) is 0 Å². The van der Waals surface area contributed by atoms with E-state index in [1.165, 1.54) is 5.56 Å². The molecule has 1 atom stereocenters. The van der Waals surface area contributed by atoms with Gasteiger partial charge in [-0.2, -0.15) is 0 Å². The maximum absolute atomic E-state index is 12.5. The van der Waals surface area contributed by atoms with Gasteiger partial charge in [-0.25, -0.2) is 0 Å². The normalized spacial score (nSPS) is 11.6. The van der Waals surface area contributed by atoms with E-state index in [1.54, 1.807) is 18.2 Å². The summed E-state index contributed by atoms with van der Waals surface area (Å²) in [6, 6.07) is 22.3. The molecule has 4 nitrogen and oxygen atoms in total. The maximum atomic E-state index is 12.5. The highest BCUT2D eigenvalue weighted by Crippen LogP contribution is 2.19. The molecule has 0 aliphatic heterocycles. The van der Waals surface area contributed by atoms with Crippen molar-refractivity contribution in [3.63, 3.8) is 0 Å². The SMILES string of the molecule is Cc1ccc(OC[C@@H](C)NC(=O)c2cccc(OCc3ccccc3Cl)c2)cc1. The van der Waals surface area contributed by atoms with Gasteiger partial charge in [-0.3, -0.25) is 4.79 Å². The van der Waals surface area contributed by atoms with Crippen molar-refractivity contribution < 1.29 is 14.3 Å². The number of benzene rings is 3. The Morgan fingerprint density at radius 2 is 1.72 bits per heavy atom. The minimum atomic E-state index is -0.173. The predicted molar refractivity (Wildman–Crippen MR) is 116 cm³/mol. The van der Waals surface area contributed by atoms with Crippen molar-refractivity contribution >= 4 is 17.5 Å². The topological polar surface area (TPSA) is 47.6 Å². The zero-order chi connectivity index (χ0) is 20.6. The molecule has 0 aromatic heterocycles. The van der Waals surface area contributed by atoms with Crippen LogP contribution in [0.4, 0.5) is 0 Å². The fraction of sp³-hybridized carbons (Fsp3) is 0.208. The first-order valence-electron chi connectivity index (χ1n) is 9.48. The number of rotatable bonds is 8. The van der Waals surface area contributed by atoms with E-state index in [4.69, 9.17) is 21.1 Å². The number of ether oxygens (including phenoxy) is 2. The molecule has 0 heterocycles. The molecule has 1 N–H and O–H groups in total. The summed E-state index contributed by atoms with van der Waals surface area (Å²) < 4.78 is 11.5. The van der Waals surface area contributed by atoms with Crippen LogP contribution < -0.4 is 14.8 Å². The fourth-order valence-electron chi connectivity index (χ4n) is 2.71. The van der Waals surface area contributed by atoms with Crippen LogP contribution >= 0.6 is 11.6 Å². The van der Waals surface area contributed by atoms with Crippen molar-refractivity contribution in [3.05, 3.63) is 94.5 Å². The van der Waals surface area contributed by atoms with Crippen LogP contribution in [0.25, 0.3) is 0 Å². The Hall–Kier alpha value is -2.98. The first kappa shape index (κ1) is 20.7. The van der Waals surface area contributed by atoms with E-state index in [0.29, 0.717) is 29.5 Å². The molecule has 5 heteroatoms. The van der Waals surface area contributed by atoms with Crippen LogP contribution in [0.1, 0.15) is 28.4 Å². The predicted octanol–water partition coefficient (Wildman–Crippen LogP) is 5.42. The molecular formula is C24H24ClNO3. The van der Waals surface area contributed by atoms with E-state index in [-0.39, 0.29) is 11.9 Å². The molecular weight excluding hydrogens is 386 g/mol. The summed E-state index contributed by atoms with van der Waals surface area (Å²) in [7, 11) is 0. The maximum Gasteiger partial charge on any atom is 0.251 e. The third-order valence-electron chi connectivity index (χ3n) is 4.35. The Morgan fingerprint density at radius 1 is 0.966 bits per heavy atom. The highest BCUT2D eigenvalue weighted by atomic mass is 35.5. The Bertz CT molecular complexity index is 956. The number of carbonyl (C=O) groups is 1. The molecule has 150 valence electrons. The van der Waals surface area contributed by atoms with Crippen molar-refractivity contribution in [2.24, 2.45) is 0 Å². The third-order valence-corrected chi connectivity index (χ3v) is 4.72. The zero-order valence-electron chi connectivity index (χ0n) is 16.5. The summed E-state index contributed by atoms with van der Waals surface area (Å²) in [5.41, 5.74) is 2.60. The molecule has 3 rings (SSSR count). The second kappa shape index (κ2) is 9.99. The van der Waals surface area contributed by atoms with Crippen LogP contribution in [0, 0.1) is 6.92 Å². The lowest BCUT2D eigenvalue weighted by Crippen LogP contribution is -2.36. The molecule has 0 bridgehead atoms. The quantitative estimate of drug-likeness (QED) is 0.540. The number of halogens is 1. The number of aryl methyl sites for hydroxylation is 1. The Balaban J connectivity index is 1.53. The van der Waals surface area contributed by atoms with Gasteiger partial charge in [0.2, 0.25) is 0 Å². The molecule has 0 saturated carbocycles. The van der Waals surface area contributed by atoms with Gasteiger partial charge < -0.3 is 14.8 Å². The molecule has 3 aromatic carbocycles. The number of carbonyl (C=O) groups excluding carboxylic acids is 1. The van der Waals surface area contributed by atoms with Crippen LogP contribution in [0.5, 0.6) is 11.5 Å². The summed E-state index contributed by atoms with van der Waals surface area (Å²) in [5.74, 6) is 1.22. The van der Waals surface area contributed by atoms with E-state index < -0.39 is 0 Å². The van der Waals surface area contributed by atoms with Crippen molar-refractivity contribution in [2.75, 3.05) is 6.61 Å². The van der Waals surface area contributed by atoms with Crippen molar-refractivity contribution in [1.82, 2.24) is 5.32 Å². The third kappa shape index (κ3) is 6.26. The van der Waals surface area contributed by atoms with Gasteiger partial charge in [-0.1, -0.05) is 53.6 Å². The molecule has 0 aliphatic rings. The van der Waals surface area contributed by atoms with Crippen LogP contribution in [-0.2, 0) is 6.61 Å². The number of nitrogens with one attached hydrogen (secondary N) is 1. The molecule has 29 heavy (non-hydrogen) atoms.